The summed E-state index contributed by atoms with van der Waals surface area (Å²) >= 11 is 1.16. The van der Waals surface area contributed by atoms with Crippen LogP contribution in [-0.2, 0) is 0 Å². The number of nitrogens with one attached hydrogen (secondary N) is 2. The third-order valence-electron chi connectivity index (χ3n) is 3.73. The van der Waals surface area contributed by atoms with Crippen LogP contribution in [0.25, 0.3) is 0 Å². The van der Waals surface area contributed by atoms with E-state index in [0.29, 0.717) is 23.2 Å². The molecule has 9 nitrogen and oxygen atoms in total. The smallest absolute Gasteiger partial charge is 0.270 e. The van der Waals surface area contributed by atoms with Crippen molar-refractivity contribution >= 4 is 28.3 Å². The molecule has 0 bridgehead atoms. The molecule has 1 heterocycles. The van der Waals surface area contributed by atoms with Gasteiger partial charge < -0.3 is 24.4 Å². The normalized spacial score (nSPS) is 10.5. The second-order valence-electron chi connectivity index (χ2n) is 5.96. The van der Waals surface area contributed by atoms with Crippen LogP contribution in [0.5, 0.6) is 17.2 Å². The van der Waals surface area contributed by atoms with Gasteiger partial charge in [0, 0.05) is 24.5 Å². The third-order valence-corrected chi connectivity index (χ3v) is 4.49. The van der Waals surface area contributed by atoms with Crippen molar-refractivity contribution in [1.82, 2.24) is 15.2 Å². The Kier molecular flexibility index (Phi) is 7.59. The lowest BCUT2D eigenvalue weighted by Gasteiger charge is -2.14. The van der Waals surface area contributed by atoms with Crippen LogP contribution in [0.1, 0.15) is 20.8 Å². The van der Waals surface area contributed by atoms with Crippen molar-refractivity contribution < 1.29 is 23.8 Å². The average Bonchev–Trinajstić information content (AvgIpc) is 3.14. The zero-order chi connectivity index (χ0) is 20.7. The quantitative estimate of drug-likeness (QED) is 0.651. The highest BCUT2D eigenvalue weighted by molar-refractivity contribution is 7.14. The van der Waals surface area contributed by atoms with Crippen LogP contribution in [0.2, 0.25) is 0 Å². The van der Waals surface area contributed by atoms with E-state index in [1.54, 1.807) is 17.5 Å². The fourth-order valence-corrected chi connectivity index (χ4v) is 2.99. The maximum Gasteiger partial charge on any atom is 0.270 e. The first kappa shape index (κ1) is 21.5. The van der Waals surface area contributed by atoms with Gasteiger partial charge in [-0.3, -0.25) is 14.9 Å². The number of anilines is 1. The molecule has 0 unspecified atom stereocenters. The molecule has 0 saturated carbocycles. The summed E-state index contributed by atoms with van der Waals surface area (Å²) in [4.78, 5) is 31.0. The minimum atomic E-state index is -0.456. The van der Waals surface area contributed by atoms with Gasteiger partial charge in [0.2, 0.25) is 0 Å². The van der Waals surface area contributed by atoms with Crippen molar-refractivity contribution in [2.45, 2.75) is 0 Å². The van der Waals surface area contributed by atoms with Crippen LogP contribution in [-0.4, -0.2) is 70.2 Å². The average molecular weight is 408 g/mol. The van der Waals surface area contributed by atoms with E-state index >= 15 is 0 Å². The molecule has 152 valence electrons. The van der Waals surface area contributed by atoms with Crippen molar-refractivity contribution in [1.29, 1.82) is 0 Å². The Morgan fingerprint density at radius 2 is 1.86 bits per heavy atom. The summed E-state index contributed by atoms with van der Waals surface area (Å²) in [5, 5.41) is 7.33. The molecule has 0 spiro atoms. The molecule has 2 N–H and O–H groups in total. The number of nitrogens with zero attached hydrogens (tertiary/aromatic N) is 2. The van der Waals surface area contributed by atoms with Crippen LogP contribution in [0.3, 0.4) is 0 Å². The van der Waals surface area contributed by atoms with E-state index in [1.165, 1.54) is 21.3 Å². The van der Waals surface area contributed by atoms with Gasteiger partial charge in [-0.2, -0.15) is 0 Å². The predicted octanol–water partition coefficient (Wildman–Crippen LogP) is 1.71. The maximum absolute atomic E-state index is 12.7. The number of likely N-dealkylation sites (N-methyl/N-ethyl adjacent to an activating group) is 1. The van der Waals surface area contributed by atoms with Gasteiger partial charge in [-0.15, -0.1) is 11.3 Å². The van der Waals surface area contributed by atoms with E-state index in [0.717, 1.165) is 17.9 Å². The zero-order valence-corrected chi connectivity index (χ0v) is 17.3. The number of thiazole rings is 1. The Hall–Kier alpha value is -2.85. The summed E-state index contributed by atoms with van der Waals surface area (Å²) in [7, 11) is 8.25. The van der Waals surface area contributed by atoms with Crippen molar-refractivity contribution in [3.63, 3.8) is 0 Å². The molecule has 1 aromatic heterocycles. The van der Waals surface area contributed by atoms with E-state index < -0.39 is 5.91 Å². The molecule has 28 heavy (non-hydrogen) atoms. The molecular formula is C18H24N4O5S. The molecule has 0 aliphatic carbocycles. The molecule has 0 atom stereocenters. The lowest BCUT2D eigenvalue weighted by atomic mass is 10.1. The van der Waals surface area contributed by atoms with Crippen molar-refractivity contribution in [3.05, 3.63) is 28.8 Å². The summed E-state index contributed by atoms with van der Waals surface area (Å²) < 4.78 is 15.8. The Morgan fingerprint density at radius 3 is 2.46 bits per heavy atom. The first-order chi connectivity index (χ1) is 13.4. The van der Waals surface area contributed by atoms with Gasteiger partial charge >= 0.3 is 0 Å². The van der Waals surface area contributed by atoms with Crippen LogP contribution < -0.4 is 24.8 Å². The summed E-state index contributed by atoms with van der Waals surface area (Å²) in [5.41, 5.74) is 0.472. The highest BCUT2D eigenvalue weighted by atomic mass is 32.1. The van der Waals surface area contributed by atoms with E-state index in [1.807, 2.05) is 19.0 Å². The molecule has 0 radical (unpaired) electrons. The van der Waals surface area contributed by atoms with E-state index in [4.69, 9.17) is 14.2 Å². The van der Waals surface area contributed by atoms with Crippen LogP contribution in [0, 0.1) is 0 Å². The standard InChI is InChI=1S/C18H24N4O5S/c1-22(2)7-6-19-17(24)13-10-28-18(20-13)21-16(23)12-8-11(25-3)9-14(26-4)15(12)27-5/h8-10H,6-7H2,1-5H3,(H,19,24)(H,20,21,23). The number of hydrogen-bond acceptors (Lipinski definition) is 8. The molecule has 2 rings (SSSR count). The molecule has 0 saturated heterocycles. The Balaban J connectivity index is 2.13. The highest BCUT2D eigenvalue weighted by Gasteiger charge is 2.20. The van der Waals surface area contributed by atoms with Gasteiger partial charge in [-0.05, 0) is 20.2 Å². The number of methoxy groups -OCH3 is 3. The second kappa shape index (κ2) is 9.90. The Bertz CT molecular complexity index is 837. The van der Waals surface area contributed by atoms with E-state index in [9.17, 15) is 9.59 Å². The van der Waals surface area contributed by atoms with Gasteiger partial charge in [0.05, 0.1) is 26.9 Å². The summed E-state index contributed by atoms with van der Waals surface area (Å²) in [5.74, 6) is 0.344. The first-order valence-electron chi connectivity index (χ1n) is 8.39. The van der Waals surface area contributed by atoms with E-state index in [2.05, 4.69) is 15.6 Å². The zero-order valence-electron chi connectivity index (χ0n) is 16.5. The van der Waals surface area contributed by atoms with Crippen LogP contribution >= 0.6 is 11.3 Å². The van der Waals surface area contributed by atoms with Crippen molar-refractivity contribution in [3.8, 4) is 17.2 Å². The van der Waals surface area contributed by atoms with Crippen LogP contribution in [0.15, 0.2) is 17.5 Å². The molecule has 2 amide bonds. The van der Waals surface area contributed by atoms with Crippen molar-refractivity contribution in [2.75, 3.05) is 53.8 Å². The summed E-state index contributed by atoms with van der Waals surface area (Å²) in [6.07, 6.45) is 0. The molecule has 1 aromatic carbocycles. The fraction of sp³-hybridized carbons (Fsp3) is 0.389. The number of ether oxygens (including phenoxy) is 3. The minimum Gasteiger partial charge on any atom is -0.497 e. The number of amides is 2. The summed E-state index contributed by atoms with van der Waals surface area (Å²) in [6.45, 7) is 1.22. The molecule has 0 aliphatic rings. The third kappa shape index (κ3) is 5.33. The molecule has 0 fully saturated rings. The van der Waals surface area contributed by atoms with Gasteiger partial charge in [-0.1, -0.05) is 0 Å². The second-order valence-corrected chi connectivity index (χ2v) is 6.82. The van der Waals surface area contributed by atoms with E-state index in [-0.39, 0.29) is 22.9 Å². The van der Waals surface area contributed by atoms with Gasteiger partial charge in [0.15, 0.2) is 16.6 Å². The van der Waals surface area contributed by atoms with Gasteiger partial charge in [0.1, 0.15) is 11.4 Å². The predicted molar refractivity (Wildman–Crippen MR) is 107 cm³/mol. The molecule has 0 aliphatic heterocycles. The largest absolute Gasteiger partial charge is 0.497 e. The number of aromatic nitrogens is 1. The molecule has 10 heteroatoms. The lowest BCUT2D eigenvalue weighted by molar-refractivity contribution is 0.0945. The highest BCUT2D eigenvalue weighted by Crippen LogP contribution is 2.36. The SMILES string of the molecule is COc1cc(OC)c(OC)c(C(=O)Nc2nc(C(=O)NCCN(C)C)cs2)c1. The lowest BCUT2D eigenvalue weighted by Crippen LogP contribution is -2.31. The van der Waals surface area contributed by atoms with Gasteiger partial charge in [0.25, 0.3) is 11.8 Å². The number of benzene rings is 1. The number of rotatable bonds is 9. The fourth-order valence-electron chi connectivity index (χ4n) is 2.31. The summed E-state index contributed by atoms with van der Waals surface area (Å²) in [6, 6.07) is 3.16. The monoisotopic (exact) mass is 408 g/mol. The molecular weight excluding hydrogens is 384 g/mol. The Morgan fingerprint density at radius 1 is 1.11 bits per heavy atom. The molecule has 2 aromatic rings. The van der Waals surface area contributed by atoms with Crippen molar-refractivity contribution in [2.24, 2.45) is 0 Å². The maximum atomic E-state index is 12.7. The van der Waals surface area contributed by atoms with Crippen LogP contribution in [0.4, 0.5) is 5.13 Å². The van der Waals surface area contributed by atoms with Gasteiger partial charge in [-0.25, -0.2) is 4.98 Å². The number of hydrogen-bond donors (Lipinski definition) is 2. The minimum absolute atomic E-state index is 0.228. The topological polar surface area (TPSA) is 102 Å². The number of carbonyl (C=O) groups is 2. The number of carbonyl (C=O) groups excluding carboxylic acids is 2. The first-order valence-corrected chi connectivity index (χ1v) is 9.27. The Labute approximate surface area is 167 Å².